The first-order valence-electron chi connectivity index (χ1n) is 4.45. The second-order valence-corrected chi connectivity index (χ2v) is 3.30. The SMILES string of the molecule is O=C(O)c1cccc(F)c1C1CCN1. The Balaban J connectivity index is 2.47. The number of hydrogen-bond donors (Lipinski definition) is 2. The van der Waals surface area contributed by atoms with E-state index in [1.807, 2.05) is 0 Å². The lowest BCUT2D eigenvalue weighted by Crippen LogP contribution is -2.36. The highest BCUT2D eigenvalue weighted by atomic mass is 19.1. The van der Waals surface area contributed by atoms with Gasteiger partial charge in [0.1, 0.15) is 5.82 Å². The van der Waals surface area contributed by atoms with E-state index in [0.717, 1.165) is 13.0 Å². The first kappa shape index (κ1) is 9.15. The van der Waals surface area contributed by atoms with E-state index in [1.165, 1.54) is 18.2 Å². The van der Waals surface area contributed by atoms with Crippen molar-refractivity contribution < 1.29 is 14.3 Å². The normalized spacial score (nSPS) is 20.2. The Morgan fingerprint density at radius 3 is 2.79 bits per heavy atom. The number of carboxylic acids is 1. The minimum absolute atomic E-state index is 0.0576. The summed E-state index contributed by atoms with van der Waals surface area (Å²) in [7, 11) is 0. The number of aromatic carboxylic acids is 1. The fourth-order valence-electron chi connectivity index (χ4n) is 1.61. The summed E-state index contributed by atoms with van der Waals surface area (Å²) in [4.78, 5) is 10.8. The summed E-state index contributed by atoms with van der Waals surface area (Å²) in [6, 6.07) is 4.01. The molecule has 1 fully saturated rings. The van der Waals surface area contributed by atoms with Gasteiger partial charge in [0.05, 0.1) is 5.56 Å². The van der Waals surface area contributed by atoms with Gasteiger partial charge >= 0.3 is 5.97 Å². The van der Waals surface area contributed by atoms with Gasteiger partial charge < -0.3 is 10.4 Å². The van der Waals surface area contributed by atoms with E-state index >= 15 is 0 Å². The summed E-state index contributed by atoms with van der Waals surface area (Å²) in [5.41, 5.74) is 0.341. The van der Waals surface area contributed by atoms with Gasteiger partial charge in [0.2, 0.25) is 0 Å². The third kappa shape index (κ3) is 1.37. The Morgan fingerprint density at radius 2 is 2.29 bits per heavy atom. The second-order valence-electron chi connectivity index (χ2n) is 3.30. The molecule has 1 aromatic carbocycles. The van der Waals surface area contributed by atoms with Gasteiger partial charge in [-0.3, -0.25) is 0 Å². The van der Waals surface area contributed by atoms with Crippen molar-refractivity contribution in [3.05, 3.63) is 35.1 Å². The number of rotatable bonds is 2. The van der Waals surface area contributed by atoms with E-state index in [9.17, 15) is 9.18 Å². The average Bonchev–Trinajstić information content (AvgIpc) is 2.04. The molecule has 3 nitrogen and oxygen atoms in total. The van der Waals surface area contributed by atoms with Gasteiger partial charge in [-0.25, -0.2) is 9.18 Å². The van der Waals surface area contributed by atoms with Crippen molar-refractivity contribution in [3.8, 4) is 0 Å². The molecular weight excluding hydrogens is 185 g/mol. The van der Waals surface area contributed by atoms with Crippen molar-refractivity contribution in [3.63, 3.8) is 0 Å². The summed E-state index contributed by atoms with van der Waals surface area (Å²) in [6.45, 7) is 0.818. The van der Waals surface area contributed by atoms with Gasteiger partial charge in [0.15, 0.2) is 0 Å². The first-order chi connectivity index (χ1) is 6.70. The molecule has 74 valence electrons. The standard InChI is InChI=1S/C10H10FNO2/c11-7-3-1-2-6(10(13)14)9(7)8-4-5-12-8/h1-3,8,12H,4-5H2,(H,13,14). The van der Waals surface area contributed by atoms with Crippen LogP contribution in [0.3, 0.4) is 0 Å². The molecular formula is C10H10FNO2. The zero-order valence-electron chi connectivity index (χ0n) is 7.46. The molecule has 1 aromatic rings. The molecule has 1 unspecified atom stereocenters. The van der Waals surface area contributed by atoms with Crippen LogP contribution in [0.5, 0.6) is 0 Å². The van der Waals surface area contributed by atoms with Crippen LogP contribution in [0.4, 0.5) is 4.39 Å². The molecule has 1 saturated heterocycles. The minimum atomic E-state index is -1.08. The monoisotopic (exact) mass is 195 g/mol. The summed E-state index contributed by atoms with van der Waals surface area (Å²) < 4.78 is 13.4. The molecule has 0 amide bonds. The number of hydrogen-bond acceptors (Lipinski definition) is 2. The lowest BCUT2D eigenvalue weighted by molar-refractivity contribution is 0.0693. The van der Waals surface area contributed by atoms with Crippen molar-refractivity contribution in [1.29, 1.82) is 0 Å². The molecule has 1 aliphatic rings. The van der Waals surface area contributed by atoms with Crippen LogP contribution < -0.4 is 5.32 Å². The van der Waals surface area contributed by atoms with Crippen LogP contribution in [-0.4, -0.2) is 17.6 Å². The van der Waals surface area contributed by atoms with Gasteiger partial charge in [-0.1, -0.05) is 6.07 Å². The lowest BCUT2D eigenvalue weighted by atomic mass is 9.93. The van der Waals surface area contributed by atoms with Crippen molar-refractivity contribution in [2.24, 2.45) is 0 Å². The van der Waals surface area contributed by atoms with Crippen molar-refractivity contribution in [2.45, 2.75) is 12.5 Å². The van der Waals surface area contributed by atoms with Gasteiger partial charge in [-0.2, -0.15) is 0 Å². The lowest BCUT2D eigenvalue weighted by Gasteiger charge is -2.29. The highest BCUT2D eigenvalue weighted by molar-refractivity contribution is 5.89. The number of nitrogens with one attached hydrogen (secondary N) is 1. The van der Waals surface area contributed by atoms with E-state index in [2.05, 4.69) is 5.32 Å². The van der Waals surface area contributed by atoms with E-state index in [4.69, 9.17) is 5.11 Å². The number of carbonyl (C=O) groups is 1. The highest BCUT2D eigenvalue weighted by Gasteiger charge is 2.26. The van der Waals surface area contributed by atoms with E-state index < -0.39 is 11.8 Å². The fourth-order valence-corrected chi connectivity index (χ4v) is 1.61. The highest BCUT2D eigenvalue weighted by Crippen LogP contribution is 2.28. The van der Waals surface area contributed by atoms with Gasteiger partial charge in [0.25, 0.3) is 0 Å². The number of benzene rings is 1. The Kier molecular flexibility index (Phi) is 2.21. The maximum absolute atomic E-state index is 13.4. The molecule has 1 aliphatic heterocycles. The van der Waals surface area contributed by atoms with Crippen LogP contribution in [0, 0.1) is 5.82 Å². The molecule has 2 N–H and O–H groups in total. The van der Waals surface area contributed by atoms with Crippen LogP contribution >= 0.6 is 0 Å². The Morgan fingerprint density at radius 1 is 1.57 bits per heavy atom. The Labute approximate surface area is 80.6 Å². The Hall–Kier alpha value is -1.42. The van der Waals surface area contributed by atoms with Gasteiger partial charge in [-0.05, 0) is 25.1 Å². The minimum Gasteiger partial charge on any atom is -0.478 e. The predicted octanol–water partition coefficient (Wildman–Crippen LogP) is 1.56. The van der Waals surface area contributed by atoms with Crippen LogP contribution in [0.25, 0.3) is 0 Å². The smallest absolute Gasteiger partial charge is 0.336 e. The third-order valence-electron chi connectivity index (χ3n) is 2.46. The van der Waals surface area contributed by atoms with Crippen LogP contribution in [0.1, 0.15) is 28.4 Å². The van der Waals surface area contributed by atoms with E-state index in [1.54, 1.807) is 0 Å². The molecule has 0 radical (unpaired) electrons. The number of carboxylic acid groups (broad SMARTS) is 1. The predicted molar refractivity (Wildman–Crippen MR) is 48.7 cm³/mol. The molecule has 0 aliphatic carbocycles. The molecule has 0 aromatic heterocycles. The second kappa shape index (κ2) is 3.38. The van der Waals surface area contributed by atoms with Crippen molar-refractivity contribution >= 4 is 5.97 Å². The van der Waals surface area contributed by atoms with Gasteiger partial charge in [0, 0.05) is 11.6 Å². The third-order valence-corrected chi connectivity index (χ3v) is 2.46. The summed E-state index contributed by atoms with van der Waals surface area (Å²) in [5, 5.41) is 11.9. The molecule has 2 rings (SSSR count). The van der Waals surface area contributed by atoms with E-state index in [0.29, 0.717) is 0 Å². The quantitative estimate of drug-likeness (QED) is 0.752. The zero-order valence-corrected chi connectivity index (χ0v) is 7.46. The molecule has 1 atom stereocenters. The maximum atomic E-state index is 13.4. The number of halogens is 1. The summed E-state index contributed by atoms with van der Waals surface area (Å²) >= 11 is 0. The topological polar surface area (TPSA) is 49.3 Å². The summed E-state index contributed by atoms with van der Waals surface area (Å²) in [6.07, 6.45) is 0.793. The van der Waals surface area contributed by atoms with Crippen LogP contribution in [0.2, 0.25) is 0 Å². The molecule has 1 heterocycles. The molecule has 0 saturated carbocycles. The van der Waals surface area contributed by atoms with Crippen LogP contribution in [0.15, 0.2) is 18.2 Å². The largest absolute Gasteiger partial charge is 0.478 e. The molecule has 4 heteroatoms. The van der Waals surface area contributed by atoms with E-state index in [-0.39, 0.29) is 17.2 Å². The van der Waals surface area contributed by atoms with Crippen LogP contribution in [-0.2, 0) is 0 Å². The first-order valence-corrected chi connectivity index (χ1v) is 4.45. The molecule has 0 spiro atoms. The fraction of sp³-hybridized carbons (Fsp3) is 0.300. The zero-order chi connectivity index (χ0) is 10.1. The summed E-state index contributed by atoms with van der Waals surface area (Å²) in [5.74, 6) is -1.52. The van der Waals surface area contributed by atoms with Crippen molar-refractivity contribution in [2.75, 3.05) is 6.54 Å². The van der Waals surface area contributed by atoms with Gasteiger partial charge in [-0.15, -0.1) is 0 Å². The average molecular weight is 195 g/mol. The Bertz CT molecular complexity index is 374. The maximum Gasteiger partial charge on any atom is 0.336 e. The molecule has 0 bridgehead atoms. The van der Waals surface area contributed by atoms with Crippen molar-refractivity contribution in [1.82, 2.24) is 5.32 Å². The molecule has 14 heavy (non-hydrogen) atoms.